The molecule has 0 bridgehead atoms. The van der Waals surface area contributed by atoms with Crippen LogP contribution in [0.1, 0.15) is 23.0 Å². The fourth-order valence-corrected chi connectivity index (χ4v) is 1.67. The number of aromatic nitrogens is 2. The molecule has 0 spiro atoms. The van der Waals surface area contributed by atoms with Crippen molar-refractivity contribution in [2.75, 3.05) is 13.6 Å². The number of aryl methyl sites for hydroxylation is 1. The minimum absolute atomic E-state index is 0.103. The molecular weight excluding hydrogens is 182 g/mol. The monoisotopic (exact) mass is 195 g/mol. The van der Waals surface area contributed by atoms with Crippen LogP contribution in [0.3, 0.4) is 0 Å². The SMILES string of the molecule is CCn1nc2c(c1O)CCN(C)C2=O. The molecule has 0 aromatic carbocycles. The van der Waals surface area contributed by atoms with E-state index in [1.54, 1.807) is 11.9 Å². The Kier molecular flexibility index (Phi) is 1.94. The molecule has 1 aromatic rings. The first kappa shape index (κ1) is 9.05. The molecule has 0 aliphatic carbocycles. The summed E-state index contributed by atoms with van der Waals surface area (Å²) in [6.07, 6.45) is 0.684. The third-order valence-electron chi connectivity index (χ3n) is 2.57. The number of fused-ring (bicyclic) bond motifs is 1. The zero-order chi connectivity index (χ0) is 10.3. The summed E-state index contributed by atoms with van der Waals surface area (Å²) in [6.45, 7) is 3.11. The maximum atomic E-state index is 11.6. The molecule has 0 unspecified atom stereocenters. The van der Waals surface area contributed by atoms with Gasteiger partial charge in [-0.15, -0.1) is 0 Å². The van der Waals surface area contributed by atoms with E-state index in [0.29, 0.717) is 30.8 Å². The second-order valence-corrected chi connectivity index (χ2v) is 3.44. The van der Waals surface area contributed by atoms with E-state index >= 15 is 0 Å². The first-order valence-corrected chi connectivity index (χ1v) is 4.69. The highest BCUT2D eigenvalue weighted by Gasteiger charge is 2.28. The van der Waals surface area contributed by atoms with Crippen molar-refractivity contribution in [3.8, 4) is 5.88 Å². The van der Waals surface area contributed by atoms with Crippen molar-refractivity contribution in [3.63, 3.8) is 0 Å². The van der Waals surface area contributed by atoms with Crippen LogP contribution in [0.25, 0.3) is 0 Å². The van der Waals surface area contributed by atoms with E-state index in [4.69, 9.17) is 0 Å². The molecule has 5 nitrogen and oxygen atoms in total. The lowest BCUT2D eigenvalue weighted by molar-refractivity contribution is 0.0774. The molecule has 2 rings (SSSR count). The lowest BCUT2D eigenvalue weighted by Crippen LogP contribution is -2.33. The van der Waals surface area contributed by atoms with Crippen molar-refractivity contribution >= 4 is 5.91 Å². The molecule has 0 saturated carbocycles. The molecule has 0 fully saturated rings. The number of carbonyl (C=O) groups excluding carboxylic acids is 1. The van der Waals surface area contributed by atoms with Gasteiger partial charge >= 0.3 is 0 Å². The highest BCUT2D eigenvalue weighted by atomic mass is 16.3. The van der Waals surface area contributed by atoms with Crippen molar-refractivity contribution < 1.29 is 9.90 Å². The summed E-state index contributed by atoms with van der Waals surface area (Å²) in [5.74, 6) is 0.0395. The summed E-state index contributed by atoms with van der Waals surface area (Å²) >= 11 is 0. The number of amides is 1. The van der Waals surface area contributed by atoms with Crippen LogP contribution in [0, 0.1) is 0 Å². The maximum absolute atomic E-state index is 11.6. The van der Waals surface area contributed by atoms with Crippen LogP contribution < -0.4 is 0 Å². The lowest BCUT2D eigenvalue weighted by atomic mass is 10.1. The van der Waals surface area contributed by atoms with Gasteiger partial charge in [0.2, 0.25) is 5.88 Å². The molecule has 76 valence electrons. The second-order valence-electron chi connectivity index (χ2n) is 3.44. The molecule has 2 heterocycles. The number of hydrogen-bond acceptors (Lipinski definition) is 3. The van der Waals surface area contributed by atoms with Crippen LogP contribution in [-0.4, -0.2) is 39.3 Å². The van der Waals surface area contributed by atoms with Gasteiger partial charge in [0, 0.05) is 25.7 Å². The van der Waals surface area contributed by atoms with E-state index in [-0.39, 0.29) is 11.8 Å². The highest BCUT2D eigenvalue weighted by molar-refractivity contribution is 5.95. The summed E-state index contributed by atoms with van der Waals surface area (Å²) in [6, 6.07) is 0. The van der Waals surface area contributed by atoms with E-state index in [9.17, 15) is 9.90 Å². The average molecular weight is 195 g/mol. The zero-order valence-corrected chi connectivity index (χ0v) is 8.32. The van der Waals surface area contributed by atoms with Gasteiger partial charge in [0.15, 0.2) is 5.69 Å². The maximum Gasteiger partial charge on any atom is 0.274 e. The molecule has 1 aliphatic heterocycles. The lowest BCUT2D eigenvalue weighted by Gasteiger charge is -2.20. The summed E-state index contributed by atoms with van der Waals surface area (Å²) in [5, 5.41) is 13.8. The minimum atomic E-state index is -0.103. The fourth-order valence-electron chi connectivity index (χ4n) is 1.67. The third-order valence-corrected chi connectivity index (χ3v) is 2.57. The van der Waals surface area contributed by atoms with Crippen molar-refractivity contribution in [1.82, 2.24) is 14.7 Å². The van der Waals surface area contributed by atoms with Crippen LogP contribution in [0.5, 0.6) is 5.88 Å². The van der Waals surface area contributed by atoms with E-state index < -0.39 is 0 Å². The van der Waals surface area contributed by atoms with Crippen molar-refractivity contribution in [2.45, 2.75) is 19.9 Å². The Hall–Kier alpha value is -1.52. The van der Waals surface area contributed by atoms with Gasteiger partial charge in [-0.05, 0) is 13.3 Å². The number of rotatable bonds is 1. The van der Waals surface area contributed by atoms with Gasteiger partial charge in [0.25, 0.3) is 5.91 Å². The van der Waals surface area contributed by atoms with E-state index in [1.807, 2.05) is 6.92 Å². The zero-order valence-electron chi connectivity index (χ0n) is 8.32. The molecule has 5 heteroatoms. The predicted molar refractivity (Wildman–Crippen MR) is 50.2 cm³/mol. The van der Waals surface area contributed by atoms with Gasteiger partial charge in [-0.25, -0.2) is 4.68 Å². The van der Waals surface area contributed by atoms with E-state index in [0.717, 1.165) is 0 Å². The smallest absolute Gasteiger partial charge is 0.274 e. The van der Waals surface area contributed by atoms with Gasteiger partial charge < -0.3 is 10.0 Å². The van der Waals surface area contributed by atoms with Crippen molar-refractivity contribution in [1.29, 1.82) is 0 Å². The van der Waals surface area contributed by atoms with E-state index in [2.05, 4.69) is 5.10 Å². The van der Waals surface area contributed by atoms with Gasteiger partial charge in [-0.3, -0.25) is 4.79 Å². The molecule has 14 heavy (non-hydrogen) atoms. The van der Waals surface area contributed by atoms with Crippen LogP contribution in [-0.2, 0) is 13.0 Å². The normalized spacial score (nSPS) is 15.9. The molecule has 1 amide bonds. The van der Waals surface area contributed by atoms with Crippen LogP contribution in [0.2, 0.25) is 0 Å². The Morgan fingerprint density at radius 3 is 2.93 bits per heavy atom. The molecule has 0 saturated heterocycles. The Balaban J connectivity index is 2.52. The molecule has 1 aliphatic rings. The van der Waals surface area contributed by atoms with Crippen LogP contribution in [0.15, 0.2) is 0 Å². The minimum Gasteiger partial charge on any atom is -0.493 e. The van der Waals surface area contributed by atoms with Gasteiger partial charge in [0.05, 0.1) is 0 Å². The summed E-state index contributed by atoms with van der Waals surface area (Å²) in [4.78, 5) is 13.3. The van der Waals surface area contributed by atoms with Gasteiger partial charge in [-0.2, -0.15) is 5.10 Å². The molecular formula is C9H13N3O2. The second kappa shape index (κ2) is 3.01. The Morgan fingerprint density at radius 1 is 1.57 bits per heavy atom. The summed E-state index contributed by atoms with van der Waals surface area (Å²) in [5.41, 5.74) is 1.09. The first-order valence-electron chi connectivity index (χ1n) is 4.69. The fraction of sp³-hybridized carbons (Fsp3) is 0.556. The highest BCUT2D eigenvalue weighted by Crippen LogP contribution is 2.25. The Labute approximate surface area is 81.9 Å². The number of nitrogens with zero attached hydrogens (tertiary/aromatic N) is 3. The molecule has 1 aromatic heterocycles. The molecule has 0 atom stereocenters. The van der Waals surface area contributed by atoms with Crippen molar-refractivity contribution in [3.05, 3.63) is 11.3 Å². The van der Waals surface area contributed by atoms with Gasteiger partial charge in [-0.1, -0.05) is 0 Å². The largest absolute Gasteiger partial charge is 0.493 e. The summed E-state index contributed by atoms with van der Waals surface area (Å²) in [7, 11) is 1.74. The number of carbonyl (C=O) groups is 1. The Morgan fingerprint density at radius 2 is 2.29 bits per heavy atom. The quantitative estimate of drug-likeness (QED) is 0.698. The molecule has 0 radical (unpaired) electrons. The predicted octanol–water partition coefficient (Wildman–Crippen LogP) is 0.237. The van der Waals surface area contributed by atoms with Crippen LogP contribution >= 0.6 is 0 Å². The Bertz CT molecular complexity index is 384. The van der Waals surface area contributed by atoms with Gasteiger partial charge in [0.1, 0.15) is 0 Å². The van der Waals surface area contributed by atoms with E-state index in [1.165, 1.54) is 4.68 Å². The van der Waals surface area contributed by atoms with Crippen LogP contribution in [0.4, 0.5) is 0 Å². The average Bonchev–Trinajstić information content (AvgIpc) is 2.50. The third kappa shape index (κ3) is 1.08. The molecule has 1 N–H and O–H groups in total. The van der Waals surface area contributed by atoms with Crippen molar-refractivity contribution in [2.24, 2.45) is 0 Å². The number of hydrogen-bond donors (Lipinski definition) is 1. The number of likely N-dealkylation sites (N-methyl/N-ethyl adjacent to an activating group) is 1. The topological polar surface area (TPSA) is 58.4 Å². The standard InChI is InChI=1S/C9H13N3O2/c1-3-12-8(13)6-4-5-11(2)9(14)7(6)10-12/h13H,3-5H2,1-2H3. The number of aromatic hydroxyl groups is 1. The summed E-state index contributed by atoms with van der Waals surface area (Å²) < 4.78 is 1.46. The first-order chi connectivity index (χ1) is 6.65.